The fourth-order valence-corrected chi connectivity index (χ4v) is 6.00. The smallest absolute Gasteiger partial charge is 0.224 e. The van der Waals surface area contributed by atoms with Gasteiger partial charge >= 0.3 is 0 Å². The van der Waals surface area contributed by atoms with Gasteiger partial charge in [-0.25, -0.2) is 9.97 Å². The molecule has 36 heavy (non-hydrogen) atoms. The van der Waals surface area contributed by atoms with E-state index >= 15 is 0 Å². The number of amides is 1. The Hall–Kier alpha value is -2.62. The number of para-hydroxylation sites is 1. The molecule has 192 valence electrons. The first-order valence-corrected chi connectivity index (χ1v) is 13.2. The molecule has 2 aromatic heterocycles. The number of rotatable bonds is 6. The van der Waals surface area contributed by atoms with Gasteiger partial charge in [0.2, 0.25) is 17.8 Å². The maximum absolute atomic E-state index is 11.7. The highest BCUT2D eigenvalue weighted by Crippen LogP contribution is 2.39. The van der Waals surface area contributed by atoms with Crippen LogP contribution in [0.3, 0.4) is 0 Å². The van der Waals surface area contributed by atoms with Gasteiger partial charge in [0, 0.05) is 18.0 Å². The molecule has 2 saturated carbocycles. The van der Waals surface area contributed by atoms with E-state index in [4.69, 9.17) is 38.9 Å². The minimum atomic E-state index is -0.688. The molecule has 2 aliphatic carbocycles. The summed E-state index contributed by atoms with van der Waals surface area (Å²) in [6.07, 6.45) is 7.99. The van der Waals surface area contributed by atoms with Crippen LogP contribution in [0.2, 0.25) is 10.0 Å². The van der Waals surface area contributed by atoms with E-state index in [1.54, 1.807) is 24.4 Å². The number of nitrogens with two attached hydrogens (primary N) is 1. The molecule has 5 rings (SSSR count). The monoisotopic (exact) mass is 531 g/mol. The van der Waals surface area contributed by atoms with Crippen LogP contribution in [0.4, 0.5) is 17.6 Å². The summed E-state index contributed by atoms with van der Waals surface area (Å²) in [7, 11) is 0. The number of primary amides is 1. The fraction of sp³-hybridized carbons (Fsp3) is 0.520. The lowest BCUT2D eigenvalue weighted by Crippen LogP contribution is -2.38. The Morgan fingerprint density at radius 3 is 2.56 bits per heavy atom. The summed E-state index contributed by atoms with van der Waals surface area (Å²) in [5, 5.41) is 18.2. The van der Waals surface area contributed by atoms with E-state index in [-0.39, 0.29) is 23.9 Å². The molecule has 2 aliphatic rings. The minimum Gasteiger partial charge on any atom is -0.390 e. The van der Waals surface area contributed by atoms with E-state index in [2.05, 4.69) is 20.2 Å². The van der Waals surface area contributed by atoms with Crippen LogP contribution < -0.4 is 16.4 Å². The second kappa shape index (κ2) is 10.0. The first kappa shape index (κ1) is 25.0. The predicted molar refractivity (Wildman–Crippen MR) is 142 cm³/mol. The topological polar surface area (TPSA) is 131 Å². The molecular weight excluding hydrogens is 501 g/mol. The van der Waals surface area contributed by atoms with Crippen molar-refractivity contribution in [2.45, 2.75) is 76.0 Å². The van der Waals surface area contributed by atoms with Crippen LogP contribution in [0, 0.1) is 5.92 Å². The summed E-state index contributed by atoms with van der Waals surface area (Å²) in [6.45, 7) is 1.88. The Bertz CT molecular complexity index is 1250. The number of hydrogen-bond donors (Lipinski definition) is 4. The van der Waals surface area contributed by atoms with E-state index in [1.807, 2.05) is 6.92 Å². The summed E-state index contributed by atoms with van der Waals surface area (Å²) in [4.78, 5) is 25.9. The number of carbonyl (C=O) groups is 1. The highest BCUT2D eigenvalue weighted by atomic mass is 35.5. The number of aromatic nitrogens is 4. The van der Waals surface area contributed by atoms with Gasteiger partial charge in [0.1, 0.15) is 5.52 Å². The molecule has 0 spiro atoms. The number of halogens is 2. The number of nitrogens with zero attached hydrogens (tertiary/aromatic N) is 4. The Morgan fingerprint density at radius 2 is 1.89 bits per heavy atom. The molecule has 1 aromatic carbocycles. The van der Waals surface area contributed by atoms with Crippen LogP contribution in [-0.4, -0.2) is 42.2 Å². The van der Waals surface area contributed by atoms with Crippen molar-refractivity contribution in [1.29, 1.82) is 0 Å². The van der Waals surface area contributed by atoms with Crippen molar-refractivity contribution in [1.82, 2.24) is 19.5 Å². The normalized spacial score (nSPS) is 26.6. The predicted octanol–water partition coefficient (Wildman–Crippen LogP) is 5.20. The van der Waals surface area contributed by atoms with Crippen molar-refractivity contribution in [2.75, 3.05) is 10.6 Å². The van der Waals surface area contributed by atoms with Crippen LogP contribution >= 0.6 is 23.2 Å². The van der Waals surface area contributed by atoms with E-state index in [1.165, 1.54) is 0 Å². The molecule has 2 fully saturated rings. The van der Waals surface area contributed by atoms with Crippen molar-refractivity contribution < 1.29 is 9.90 Å². The number of benzene rings is 1. The Kier molecular flexibility index (Phi) is 6.98. The van der Waals surface area contributed by atoms with Gasteiger partial charge in [-0.3, -0.25) is 9.36 Å². The molecule has 5 N–H and O–H groups in total. The number of imidazole rings is 1. The van der Waals surface area contributed by atoms with Gasteiger partial charge in [-0.05, 0) is 70.4 Å². The lowest BCUT2D eigenvalue weighted by atomic mass is 9.83. The molecule has 3 aromatic rings. The molecule has 0 bridgehead atoms. The zero-order chi connectivity index (χ0) is 25.4. The van der Waals surface area contributed by atoms with Gasteiger partial charge < -0.3 is 21.5 Å². The van der Waals surface area contributed by atoms with Gasteiger partial charge in [0.15, 0.2) is 5.65 Å². The summed E-state index contributed by atoms with van der Waals surface area (Å²) in [5.74, 6) is 0.702. The second-order valence-electron chi connectivity index (χ2n) is 10.3. The molecule has 11 heteroatoms. The maximum Gasteiger partial charge on any atom is 0.224 e. The zero-order valence-corrected chi connectivity index (χ0v) is 21.7. The maximum atomic E-state index is 11.7. The summed E-state index contributed by atoms with van der Waals surface area (Å²) < 4.78 is 2.07. The number of aliphatic hydroxyl groups is 1. The van der Waals surface area contributed by atoms with Gasteiger partial charge in [0.05, 0.1) is 27.5 Å². The van der Waals surface area contributed by atoms with Crippen molar-refractivity contribution >= 4 is 57.9 Å². The summed E-state index contributed by atoms with van der Waals surface area (Å²) in [5.41, 5.74) is 6.77. The van der Waals surface area contributed by atoms with E-state index in [0.717, 1.165) is 32.1 Å². The zero-order valence-electron chi connectivity index (χ0n) is 20.2. The first-order chi connectivity index (χ1) is 17.2. The molecule has 2 heterocycles. The molecule has 1 amide bonds. The SMILES string of the molecule is C[C@]1(O)CCC[C@@H](Nc2ncc3nc(Nc4c(Cl)cccc4Cl)n(C4CCC(C(N)=O)CC4)c3n2)C1. The average Bonchev–Trinajstić information content (AvgIpc) is 3.18. The van der Waals surface area contributed by atoms with E-state index in [0.29, 0.717) is 58.1 Å². The van der Waals surface area contributed by atoms with Gasteiger partial charge in [0.25, 0.3) is 0 Å². The van der Waals surface area contributed by atoms with Crippen molar-refractivity contribution in [3.05, 3.63) is 34.4 Å². The third-order valence-electron chi connectivity index (χ3n) is 7.38. The number of hydrogen-bond acceptors (Lipinski definition) is 7. The third-order valence-corrected chi connectivity index (χ3v) is 8.01. The highest BCUT2D eigenvalue weighted by molar-refractivity contribution is 6.39. The summed E-state index contributed by atoms with van der Waals surface area (Å²) in [6, 6.07) is 5.47. The summed E-state index contributed by atoms with van der Waals surface area (Å²) >= 11 is 12.9. The Morgan fingerprint density at radius 1 is 1.17 bits per heavy atom. The molecule has 0 radical (unpaired) electrons. The van der Waals surface area contributed by atoms with Crippen LogP contribution in [0.15, 0.2) is 24.4 Å². The number of fused-ring (bicyclic) bond motifs is 1. The minimum absolute atomic E-state index is 0.0625. The molecule has 9 nitrogen and oxygen atoms in total. The van der Waals surface area contributed by atoms with Crippen LogP contribution in [0.5, 0.6) is 0 Å². The Balaban J connectivity index is 1.51. The molecule has 0 aliphatic heterocycles. The van der Waals surface area contributed by atoms with E-state index in [9.17, 15) is 9.90 Å². The standard InChI is InChI=1S/C25H31Cl2N7O2/c1-25(36)11-3-4-15(12-25)30-23-29-13-19-22(33-23)34(16-9-7-14(8-10-16)21(28)35)24(31-19)32-20-17(26)5-2-6-18(20)27/h2,5-6,13-16,36H,3-4,7-12H2,1H3,(H2,28,35)(H,31,32)(H,29,30,33)/t14?,15-,16?,25+/m1/s1. The highest BCUT2D eigenvalue weighted by Gasteiger charge is 2.31. The molecule has 0 saturated heterocycles. The van der Waals surface area contributed by atoms with E-state index < -0.39 is 5.60 Å². The second-order valence-corrected chi connectivity index (χ2v) is 11.1. The largest absolute Gasteiger partial charge is 0.390 e. The lowest BCUT2D eigenvalue weighted by Gasteiger charge is -2.34. The first-order valence-electron chi connectivity index (χ1n) is 12.4. The number of carbonyl (C=O) groups excluding carboxylic acids is 1. The van der Waals surface area contributed by atoms with Crippen molar-refractivity contribution in [2.24, 2.45) is 11.7 Å². The van der Waals surface area contributed by atoms with Gasteiger partial charge in [-0.15, -0.1) is 0 Å². The number of anilines is 3. The van der Waals surface area contributed by atoms with Crippen molar-refractivity contribution in [3.63, 3.8) is 0 Å². The molecule has 2 atom stereocenters. The average molecular weight is 532 g/mol. The molecular formula is C25H31Cl2N7O2. The number of nitrogens with one attached hydrogen (secondary N) is 2. The van der Waals surface area contributed by atoms with Crippen LogP contribution in [0.25, 0.3) is 11.2 Å². The lowest BCUT2D eigenvalue weighted by molar-refractivity contribution is -0.122. The van der Waals surface area contributed by atoms with Crippen LogP contribution in [0.1, 0.15) is 64.3 Å². The Labute approximate surface area is 219 Å². The quantitative estimate of drug-likeness (QED) is 0.343. The van der Waals surface area contributed by atoms with Crippen LogP contribution in [-0.2, 0) is 4.79 Å². The van der Waals surface area contributed by atoms with Crippen molar-refractivity contribution in [3.8, 4) is 0 Å². The molecule has 0 unspecified atom stereocenters. The van der Waals surface area contributed by atoms with Gasteiger partial charge in [-0.2, -0.15) is 4.98 Å². The van der Waals surface area contributed by atoms with Gasteiger partial charge in [-0.1, -0.05) is 29.3 Å². The third kappa shape index (κ3) is 5.23. The fourth-order valence-electron chi connectivity index (χ4n) is 5.51.